The summed E-state index contributed by atoms with van der Waals surface area (Å²) in [7, 11) is 1.38. The Morgan fingerprint density at radius 3 is 2.53 bits per heavy atom. The maximum atomic E-state index is 11.1. The van der Waals surface area contributed by atoms with Crippen LogP contribution in [0, 0.1) is 0 Å². The van der Waals surface area contributed by atoms with Gasteiger partial charge in [0, 0.05) is 15.7 Å². The number of hydrogen-bond acceptors (Lipinski definition) is 3. The van der Waals surface area contributed by atoms with Gasteiger partial charge in [0.15, 0.2) is 0 Å². The minimum absolute atomic E-state index is 0.148. The molecule has 0 aliphatic carbocycles. The van der Waals surface area contributed by atoms with Crippen LogP contribution in [-0.4, -0.2) is 17.8 Å². The highest BCUT2D eigenvalue weighted by atomic mass is 32.2. The van der Waals surface area contributed by atoms with E-state index in [1.54, 1.807) is 17.8 Å². The molecule has 0 saturated heterocycles. The minimum Gasteiger partial charge on any atom is -0.466 e. The monoisotopic (exact) mass is 250 g/mol. The summed E-state index contributed by atoms with van der Waals surface area (Å²) in [6.45, 7) is 6.50. The lowest BCUT2D eigenvalue weighted by Crippen LogP contribution is -2.07. The molecule has 17 heavy (non-hydrogen) atoms. The number of hydrogen-bond donors (Lipinski definition) is 0. The third-order valence-corrected chi connectivity index (χ3v) is 3.14. The number of methoxy groups -OCH3 is 1. The van der Waals surface area contributed by atoms with E-state index in [0.29, 0.717) is 0 Å². The van der Waals surface area contributed by atoms with Gasteiger partial charge in [-0.25, -0.2) is 4.79 Å². The first-order valence-electron chi connectivity index (χ1n) is 5.46. The Kier molecular flexibility index (Phi) is 4.82. The van der Waals surface area contributed by atoms with Gasteiger partial charge < -0.3 is 4.74 Å². The van der Waals surface area contributed by atoms with Crippen molar-refractivity contribution in [2.45, 2.75) is 30.4 Å². The molecule has 0 amide bonds. The largest absolute Gasteiger partial charge is 0.466 e. The highest BCUT2D eigenvalue weighted by Gasteiger charge is 2.13. The van der Waals surface area contributed by atoms with E-state index in [-0.39, 0.29) is 10.7 Å². The summed E-state index contributed by atoms with van der Waals surface area (Å²) in [5, 5.41) is 0. The second-order valence-corrected chi connectivity index (χ2v) is 6.48. The Bertz CT molecular complexity index is 416. The van der Waals surface area contributed by atoms with Gasteiger partial charge in [-0.1, -0.05) is 39.0 Å². The van der Waals surface area contributed by atoms with E-state index in [1.165, 1.54) is 18.1 Å². The molecule has 0 radical (unpaired) electrons. The van der Waals surface area contributed by atoms with E-state index in [4.69, 9.17) is 0 Å². The molecule has 1 aromatic carbocycles. The maximum Gasteiger partial charge on any atom is 0.330 e. The summed E-state index contributed by atoms with van der Waals surface area (Å²) in [5.74, 6) is -0.333. The summed E-state index contributed by atoms with van der Waals surface area (Å²) in [5.41, 5.74) is 1.04. The number of benzene rings is 1. The Labute approximate surface area is 107 Å². The summed E-state index contributed by atoms with van der Waals surface area (Å²) >= 11 is 1.78. The molecule has 0 aliphatic rings. The van der Waals surface area contributed by atoms with Crippen LogP contribution in [0.25, 0.3) is 6.08 Å². The van der Waals surface area contributed by atoms with Crippen LogP contribution in [0.2, 0.25) is 0 Å². The Morgan fingerprint density at radius 1 is 1.29 bits per heavy atom. The van der Waals surface area contributed by atoms with Crippen molar-refractivity contribution in [2.24, 2.45) is 0 Å². The fourth-order valence-corrected chi connectivity index (χ4v) is 2.33. The fraction of sp³-hybridized carbons (Fsp3) is 0.357. The third-order valence-electron chi connectivity index (χ3n) is 1.94. The molecule has 0 unspecified atom stereocenters. The SMILES string of the molecule is COC(=O)/C=C/c1ccccc1SC(C)(C)C. The first kappa shape index (κ1) is 13.8. The van der Waals surface area contributed by atoms with Crippen LogP contribution in [0.3, 0.4) is 0 Å². The van der Waals surface area contributed by atoms with Gasteiger partial charge in [0.2, 0.25) is 0 Å². The third kappa shape index (κ3) is 5.09. The average molecular weight is 250 g/mol. The zero-order chi connectivity index (χ0) is 12.9. The number of carbonyl (C=O) groups is 1. The van der Waals surface area contributed by atoms with Gasteiger partial charge in [-0.3, -0.25) is 0 Å². The van der Waals surface area contributed by atoms with Crippen LogP contribution in [-0.2, 0) is 9.53 Å². The van der Waals surface area contributed by atoms with Crippen molar-refractivity contribution in [1.29, 1.82) is 0 Å². The molecule has 0 saturated carbocycles. The lowest BCUT2D eigenvalue weighted by atomic mass is 10.2. The first-order chi connectivity index (χ1) is 7.92. The molecule has 0 fully saturated rings. The Morgan fingerprint density at radius 2 is 1.94 bits per heavy atom. The van der Waals surface area contributed by atoms with Crippen molar-refractivity contribution >= 4 is 23.8 Å². The van der Waals surface area contributed by atoms with Crippen LogP contribution in [0.15, 0.2) is 35.2 Å². The molecule has 1 rings (SSSR count). The molecule has 0 heterocycles. The topological polar surface area (TPSA) is 26.3 Å². The molecule has 1 aromatic rings. The highest BCUT2D eigenvalue weighted by molar-refractivity contribution is 8.00. The van der Waals surface area contributed by atoms with Crippen molar-refractivity contribution in [3.8, 4) is 0 Å². The fourth-order valence-electron chi connectivity index (χ4n) is 1.27. The average Bonchev–Trinajstić information content (AvgIpc) is 2.25. The van der Waals surface area contributed by atoms with Crippen molar-refractivity contribution in [1.82, 2.24) is 0 Å². The van der Waals surface area contributed by atoms with Gasteiger partial charge in [-0.05, 0) is 17.7 Å². The number of esters is 1. The number of rotatable bonds is 3. The van der Waals surface area contributed by atoms with E-state index in [1.807, 2.05) is 18.2 Å². The number of thioether (sulfide) groups is 1. The van der Waals surface area contributed by atoms with E-state index < -0.39 is 0 Å². The molecule has 0 aromatic heterocycles. The van der Waals surface area contributed by atoms with Crippen LogP contribution in [0.4, 0.5) is 0 Å². The van der Waals surface area contributed by atoms with Crippen LogP contribution >= 0.6 is 11.8 Å². The van der Waals surface area contributed by atoms with Crippen LogP contribution < -0.4 is 0 Å². The van der Waals surface area contributed by atoms with Crippen molar-refractivity contribution < 1.29 is 9.53 Å². The molecular formula is C14H18O2S. The van der Waals surface area contributed by atoms with E-state index in [2.05, 4.69) is 31.6 Å². The van der Waals surface area contributed by atoms with Gasteiger partial charge in [-0.15, -0.1) is 11.8 Å². The molecule has 92 valence electrons. The van der Waals surface area contributed by atoms with Crippen molar-refractivity contribution in [3.63, 3.8) is 0 Å². The summed E-state index contributed by atoms with van der Waals surface area (Å²) in [6, 6.07) is 8.02. The Balaban J connectivity index is 2.92. The second kappa shape index (κ2) is 5.92. The maximum absolute atomic E-state index is 11.1. The highest BCUT2D eigenvalue weighted by Crippen LogP contribution is 2.34. The lowest BCUT2D eigenvalue weighted by Gasteiger charge is -2.18. The summed E-state index contributed by atoms with van der Waals surface area (Å²) in [4.78, 5) is 12.2. The first-order valence-corrected chi connectivity index (χ1v) is 6.28. The van der Waals surface area contributed by atoms with Gasteiger partial charge in [0.25, 0.3) is 0 Å². The molecular weight excluding hydrogens is 232 g/mol. The van der Waals surface area contributed by atoms with Crippen LogP contribution in [0.5, 0.6) is 0 Å². The van der Waals surface area contributed by atoms with Crippen molar-refractivity contribution in [3.05, 3.63) is 35.9 Å². The zero-order valence-electron chi connectivity index (χ0n) is 10.7. The smallest absolute Gasteiger partial charge is 0.330 e. The lowest BCUT2D eigenvalue weighted by molar-refractivity contribution is -0.134. The molecule has 0 atom stereocenters. The van der Waals surface area contributed by atoms with Crippen LogP contribution in [0.1, 0.15) is 26.3 Å². The molecule has 2 nitrogen and oxygen atoms in total. The van der Waals surface area contributed by atoms with Gasteiger partial charge in [0.05, 0.1) is 7.11 Å². The Hall–Kier alpha value is -1.22. The van der Waals surface area contributed by atoms with Crippen molar-refractivity contribution in [2.75, 3.05) is 7.11 Å². The van der Waals surface area contributed by atoms with Gasteiger partial charge >= 0.3 is 5.97 Å². The standard InChI is InChI=1S/C14H18O2S/c1-14(2,3)17-12-8-6-5-7-11(12)9-10-13(15)16-4/h5-10H,1-4H3/b10-9+. The summed E-state index contributed by atoms with van der Waals surface area (Å²) in [6.07, 6.45) is 3.24. The molecule has 0 spiro atoms. The van der Waals surface area contributed by atoms with E-state index >= 15 is 0 Å². The quantitative estimate of drug-likeness (QED) is 0.464. The molecule has 0 N–H and O–H groups in total. The normalized spacial score (nSPS) is 11.8. The number of ether oxygens (including phenoxy) is 1. The second-order valence-electron chi connectivity index (χ2n) is 4.61. The molecule has 0 aliphatic heterocycles. The molecule has 3 heteroatoms. The number of carbonyl (C=O) groups excluding carboxylic acids is 1. The van der Waals surface area contributed by atoms with E-state index in [9.17, 15) is 4.79 Å². The predicted molar refractivity (Wildman–Crippen MR) is 73.1 cm³/mol. The van der Waals surface area contributed by atoms with E-state index in [0.717, 1.165) is 5.56 Å². The minimum atomic E-state index is -0.333. The van der Waals surface area contributed by atoms with Gasteiger partial charge in [0.1, 0.15) is 0 Å². The van der Waals surface area contributed by atoms with Gasteiger partial charge in [-0.2, -0.15) is 0 Å². The molecule has 0 bridgehead atoms. The zero-order valence-corrected chi connectivity index (χ0v) is 11.5. The predicted octanol–water partition coefficient (Wildman–Crippen LogP) is 3.76. The summed E-state index contributed by atoms with van der Waals surface area (Å²) < 4.78 is 4.73.